The molecule has 0 aromatic heterocycles. The van der Waals surface area contributed by atoms with Crippen LogP contribution in [0.15, 0.2) is 29.2 Å². The maximum absolute atomic E-state index is 12.0. The second kappa shape index (κ2) is 9.35. The summed E-state index contributed by atoms with van der Waals surface area (Å²) < 4.78 is 5.55. The fraction of sp³-hybridized carbons (Fsp3) is 0.500. The van der Waals surface area contributed by atoms with Crippen LogP contribution in [0.2, 0.25) is 0 Å². The van der Waals surface area contributed by atoms with Crippen LogP contribution in [0.5, 0.6) is 5.75 Å². The average molecular weight is 325 g/mol. The van der Waals surface area contributed by atoms with Crippen molar-refractivity contribution in [2.24, 2.45) is 0 Å². The molecule has 0 radical (unpaired) electrons. The summed E-state index contributed by atoms with van der Waals surface area (Å²) in [4.78, 5) is 24.3. The summed E-state index contributed by atoms with van der Waals surface area (Å²) in [5, 5.41) is 11.6. The van der Waals surface area contributed by atoms with E-state index in [0.717, 1.165) is 17.7 Å². The van der Waals surface area contributed by atoms with Crippen LogP contribution >= 0.6 is 11.8 Å². The zero-order valence-electron chi connectivity index (χ0n) is 13.2. The fourth-order valence-corrected chi connectivity index (χ4v) is 2.27. The number of ether oxygens (including phenoxy) is 1. The van der Waals surface area contributed by atoms with Gasteiger partial charge < -0.3 is 15.2 Å². The van der Waals surface area contributed by atoms with Gasteiger partial charge in [0.25, 0.3) is 5.91 Å². The maximum atomic E-state index is 12.0. The number of rotatable bonds is 9. The first-order valence-electron chi connectivity index (χ1n) is 7.31. The number of aliphatic carboxylic acids is 1. The number of unbranched alkanes of at least 4 members (excludes halogenated alkanes) is 1. The molecule has 0 saturated heterocycles. The van der Waals surface area contributed by atoms with E-state index in [4.69, 9.17) is 9.84 Å². The molecule has 0 heterocycles. The highest BCUT2D eigenvalue weighted by Gasteiger charge is 2.23. The summed E-state index contributed by atoms with van der Waals surface area (Å²) >= 11 is 1.62. The van der Waals surface area contributed by atoms with Crippen LogP contribution in [0.4, 0.5) is 0 Å². The molecule has 1 unspecified atom stereocenters. The summed E-state index contributed by atoms with van der Waals surface area (Å²) in [6.45, 7) is 3.58. The Bertz CT molecular complexity index is 489. The van der Waals surface area contributed by atoms with Gasteiger partial charge in [0.15, 0.2) is 6.10 Å². The first-order valence-corrected chi connectivity index (χ1v) is 8.54. The summed E-state index contributed by atoms with van der Waals surface area (Å²) in [5.74, 6) is -0.850. The molecule has 1 amide bonds. The van der Waals surface area contributed by atoms with Crippen molar-refractivity contribution < 1.29 is 19.4 Å². The monoisotopic (exact) mass is 325 g/mol. The first-order chi connectivity index (χ1) is 10.5. The van der Waals surface area contributed by atoms with Gasteiger partial charge in [0.2, 0.25) is 0 Å². The van der Waals surface area contributed by atoms with Gasteiger partial charge >= 0.3 is 5.97 Å². The van der Waals surface area contributed by atoms with E-state index in [1.54, 1.807) is 30.8 Å². The Hall–Kier alpha value is -1.69. The fourth-order valence-electron chi connectivity index (χ4n) is 1.87. The van der Waals surface area contributed by atoms with E-state index in [0.29, 0.717) is 12.2 Å². The molecular formula is C16H23NO4S. The van der Waals surface area contributed by atoms with Crippen LogP contribution in [0.1, 0.15) is 33.1 Å². The quantitative estimate of drug-likeness (QED) is 0.683. The minimum Gasteiger partial charge on any atom is -0.481 e. The summed E-state index contributed by atoms with van der Waals surface area (Å²) in [6.07, 6.45) is 3.29. The second-order valence-corrected chi connectivity index (χ2v) is 5.86. The number of carbonyl (C=O) groups excluding carboxylic acids is 1. The van der Waals surface area contributed by atoms with Crippen molar-refractivity contribution in [3.63, 3.8) is 0 Å². The smallest absolute Gasteiger partial charge is 0.326 e. The average Bonchev–Trinajstić information content (AvgIpc) is 2.51. The highest BCUT2D eigenvalue weighted by atomic mass is 32.2. The molecule has 5 nitrogen and oxygen atoms in total. The standard InChI is InChI=1S/C16H23NO4S/c1-4-5-6-14(16(19)20)17-15(18)11(2)21-12-7-9-13(22-3)10-8-12/h7-11,14H,4-6H2,1-3H3,(H,17,18)(H,19,20)/t11?,14-/m0/s1. The Labute approximate surface area is 135 Å². The Balaban J connectivity index is 2.57. The molecule has 0 aliphatic rings. The van der Waals surface area contributed by atoms with E-state index in [1.807, 2.05) is 25.3 Å². The van der Waals surface area contributed by atoms with Crippen molar-refractivity contribution in [1.82, 2.24) is 5.32 Å². The van der Waals surface area contributed by atoms with Crippen molar-refractivity contribution in [3.8, 4) is 5.75 Å². The van der Waals surface area contributed by atoms with E-state index in [1.165, 1.54) is 0 Å². The van der Waals surface area contributed by atoms with E-state index in [2.05, 4.69) is 5.32 Å². The number of nitrogens with one attached hydrogen (secondary N) is 1. The molecule has 1 rings (SSSR count). The molecule has 1 aromatic rings. The minimum atomic E-state index is -1.02. The molecule has 2 N–H and O–H groups in total. The highest BCUT2D eigenvalue weighted by Crippen LogP contribution is 2.19. The maximum Gasteiger partial charge on any atom is 0.326 e. The summed E-state index contributed by atoms with van der Waals surface area (Å²) in [7, 11) is 0. The molecule has 0 spiro atoms. The number of carboxylic acid groups (broad SMARTS) is 1. The molecule has 0 fully saturated rings. The van der Waals surface area contributed by atoms with Crippen molar-refractivity contribution in [1.29, 1.82) is 0 Å². The van der Waals surface area contributed by atoms with Gasteiger partial charge in [-0.2, -0.15) is 0 Å². The zero-order valence-corrected chi connectivity index (χ0v) is 14.0. The first kappa shape index (κ1) is 18.4. The number of thioether (sulfide) groups is 1. The van der Waals surface area contributed by atoms with Gasteiger partial charge in [-0.1, -0.05) is 19.8 Å². The largest absolute Gasteiger partial charge is 0.481 e. The summed E-state index contributed by atoms with van der Waals surface area (Å²) in [6, 6.07) is 6.54. The van der Waals surface area contributed by atoms with Gasteiger partial charge in [-0.25, -0.2) is 4.79 Å². The lowest BCUT2D eigenvalue weighted by atomic mass is 10.1. The van der Waals surface area contributed by atoms with Gasteiger partial charge in [-0.05, 0) is 43.9 Å². The number of hydrogen-bond acceptors (Lipinski definition) is 4. The molecule has 0 aliphatic carbocycles. The normalized spacial score (nSPS) is 13.2. The Kier molecular flexibility index (Phi) is 7.80. The Morgan fingerprint density at radius 3 is 2.45 bits per heavy atom. The molecule has 0 aliphatic heterocycles. The Morgan fingerprint density at radius 1 is 1.32 bits per heavy atom. The van der Waals surface area contributed by atoms with Crippen molar-refractivity contribution in [3.05, 3.63) is 24.3 Å². The lowest BCUT2D eigenvalue weighted by Crippen LogP contribution is -2.46. The van der Waals surface area contributed by atoms with Crippen molar-refractivity contribution >= 4 is 23.6 Å². The zero-order chi connectivity index (χ0) is 16.5. The SMILES string of the molecule is CCCC[C@H](NC(=O)C(C)Oc1ccc(SC)cc1)C(=O)O. The van der Waals surface area contributed by atoms with Crippen LogP contribution in [0, 0.1) is 0 Å². The van der Waals surface area contributed by atoms with E-state index in [9.17, 15) is 9.59 Å². The van der Waals surface area contributed by atoms with Crippen LogP contribution in [-0.4, -0.2) is 35.4 Å². The summed E-state index contributed by atoms with van der Waals surface area (Å²) in [5.41, 5.74) is 0. The van der Waals surface area contributed by atoms with Crippen LogP contribution in [0.25, 0.3) is 0 Å². The molecule has 0 saturated carbocycles. The van der Waals surface area contributed by atoms with Gasteiger partial charge in [0.05, 0.1) is 0 Å². The van der Waals surface area contributed by atoms with Gasteiger partial charge in [0, 0.05) is 4.90 Å². The molecule has 0 bridgehead atoms. The van der Waals surface area contributed by atoms with Gasteiger partial charge in [-0.15, -0.1) is 11.8 Å². The predicted octanol–water partition coefficient (Wildman–Crippen LogP) is 2.94. The molecule has 2 atom stereocenters. The van der Waals surface area contributed by atoms with E-state index in [-0.39, 0.29) is 0 Å². The molecule has 122 valence electrons. The number of carbonyl (C=O) groups is 2. The molecular weight excluding hydrogens is 302 g/mol. The molecule has 6 heteroatoms. The second-order valence-electron chi connectivity index (χ2n) is 4.98. The molecule has 22 heavy (non-hydrogen) atoms. The van der Waals surface area contributed by atoms with Crippen LogP contribution in [0.3, 0.4) is 0 Å². The lowest BCUT2D eigenvalue weighted by molar-refractivity contribution is -0.143. The number of amides is 1. The van der Waals surface area contributed by atoms with Gasteiger partial charge in [-0.3, -0.25) is 4.79 Å². The van der Waals surface area contributed by atoms with Gasteiger partial charge in [0.1, 0.15) is 11.8 Å². The third-order valence-corrected chi connectivity index (χ3v) is 3.95. The topological polar surface area (TPSA) is 75.6 Å². The third kappa shape index (κ3) is 5.97. The number of carboxylic acids is 1. The van der Waals surface area contributed by atoms with Crippen LogP contribution < -0.4 is 10.1 Å². The predicted molar refractivity (Wildman–Crippen MR) is 87.4 cm³/mol. The van der Waals surface area contributed by atoms with E-state index < -0.39 is 24.0 Å². The Morgan fingerprint density at radius 2 is 1.95 bits per heavy atom. The lowest BCUT2D eigenvalue weighted by Gasteiger charge is -2.18. The van der Waals surface area contributed by atoms with Crippen molar-refractivity contribution in [2.75, 3.05) is 6.26 Å². The van der Waals surface area contributed by atoms with E-state index >= 15 is 0 Å². The highest BCUT2D eigenvalue weighted by molar-refractivity contribution is 7.98. The number of hydrogen-bond donors (Lipinski definition) is 2. The van der Waals surface area contributed by atoms with Crippen LogP contribution in [-0.2, 0) is 9.59 Å². The minimum absolute atomic E-state index is 0.419. The third-order valence-electron chi connectivity index (χ3n) is 3.20. The molecule has 1 aromatic carbocycles. The number of benzene rings is 1. The van der Waals surface area contributed by atoms with Crippen molar-refractivity contribution in [2.45, 2.75) is 50.2 Å².